The molecule has 1 heterocycles. The first-order valence-corrected chi connectivity index (χ1v) is 10.2. The topological polar surface area (TPSA) is 90.7 Å². The Morgan fingerprint density at radius 3 is 2.57 bits per heavy atom. The summed E-state index contributed by atoms with van der Waals surface area (Å²) in [7, 11) is 1.52. The number of nitrogens with zero attached hydrogens (tertiary/aromatic N) is 1. The fraction of sp³-hybridized carbons (Fsp3) is 0.227. The van der Waals surface area contributed by atoms with Gasteiger partial charge in [-0.1, -0.05) is 29.4 Å². The lowest BCUT2D eigenvalue weighted by Gasteiger charge is -2.11. The second kappa shape index (κ2) is 9.98. The highest BCUT2D eigenvalue weighted by atomic mass is 32.2. The molecule has 0 saturated carbocycles. The van der Waals surface area contributed by atoms with Crippen LogP contribution in [0.1, 0.15) is 27.4 Å². The maximum Gasteiger partial charge on any atom is 0.339 e. The quantitative estimate of drug-likeness (QED) is 0.422. The number of hydrogen-bond donors (Lipinski definition) is 1. The van der Waals surface area contributed by atoms with Gasteiger partial charge in [0.15, 0.2) is 6.61 Å². The summed E-state index contributed by atoms with van der Waals surface area (Å²) in [5.41, 5.74) is 2.74. The molecule has 0 radical (unpaired) electrons. The van der Waals surface area contributed by atoms with Gasteiger partial charge in [-0.2, -0.15) is 0 Å². The van der Waals surface area contributed by atoms with Crippen molar-refractivity contribution in [3.63, 3.8) is 0 Å². The fourth-order valence-corrected chi connectivity index (χ4v) is 3.96. The summed E-state index contributed by atoms with van der Waals surface area (Å²) < 4.78 is 15.6. The van der Waals surface area contributed by atoms with Crippen LogP contribution >= 0.6 is 11.8 Å². The predicted molar refractivity (Wildman–Crippen MR) is 114 cm³/mol. The zero-order valence-corrected chi connectivity index (χ0v) is 17.7. The number of benzene rings is 2. The summed E-state index contributed by atoms with van der Waals surface area (Å²) in [6.45, 7) is 3.34. The molecule has 30 heavy (non-hydrogen) atoms. The molecule has 3 aromatic rings. The second-order valence-corrected chi connectivity index (χ2v) is 7.43. The van der Waals surface area contributed by atoms with E-state index in [4.69, 9.17) is 14.0 Å². The van der Waals surface area contributed by atoms with Crippen molar-refractivity contribution in [1.29, 1.82) is 0 Å². The lowest BCUT2D eigenvalue weighted by atomic mass is 10.2. The van der Waals surface area contributed by atoms with Gasteiger partial charge in [0.25, 0.3) is 5.91 Å². The van der Waals surface area contributed by atoms with Crippen LogP contribution < -0.4 is 10.1 Å². The van der Waals surface area contributed by atoms with Crippen molar-refractivity contribution < 1.29 is 23.6 Å². The molecule has 3 rings (SSSR count). The molecule has 8 heteroatoms. The van der Waals surface area contributed by atoms with Crippen molar-refractivity contribution in [2.75, 3.05) is 19.0 Å². The van der Waals surface area contributed by atoms with Crippen molar-refractivity contribution in [1.82, 2.24) is 5.16 Å². The van der Waals surface area contributed by atoms with E-state index in [1.807, 2.05) is 26.0 Å². The maximum absolute atomic E-state index is 12.6. The van der Waals surface area contributed by atoms with Crippen LogP contribution in [-0.2, 0) is 15.3 Å². The molecule has 0 aliphatic carbocycles. The number of aromatic nitrogens is 1. The van der Waals surface area contributed by atoms with E-state index in [9.17, 15) is 9.59 Å². The van der Waals surface area contributed by atoms with Crippen LogP contribution in [0.2, 0.25) is 0 Å². The van der Waals surface area contributed by atoms with Gasteiger partial charge in [0.2, 0.25) is 0 Å². The Morgan fingerprint density at radius 2 is 1.83 bits per heavy atom. The van der Waals surface area contributed by atoms with Gasteiger partial charge < -0.3 is 19.3 Å². The van der Waals surface area contributed by atoms with Gasteiger partial charge in [0, 0.05) is 16.2 Å². The molecule has 156 valence electrons. The van der Waals surface area contributed by atoms with Crippen LogP contribution in [0.4, 0.5) is 5.69 Å². The highest BCUT2D eigenvalue weighted by Gasteiger charge is 2.17. The number of carbonyl (C=O) groups is 2. The summed E-state index contributed by atoms with van der Waals surface area (Å²) in [4.78, 5) is 25.5. The molecule has 0 unspecified atom stereocenters. The average Bonchev–Trinajstić information content (AvgIpc) is 3.08. The molecule has 7 nitrogen and oxygen atoms in total. The zero-order chi connectivity index (χ0) is 21.5. The van der Waals surface area contributed by atoms with E-state index in [2.05, 4.69) is 10.5 Å². The highest BCUT2D eigenvalue weighted by molar-refractivity contribution is 7.98. The number of carbonyl (C=O) groups excluding carboxylic acids is 2. The van der Waals surface area contributed by atoms with Gasteiger partial charge in [-0.15, -0.1) is 11.8 Å². The third kappa shape index (κ3) is 5.21. The molecule has 0 fully saturated rings. The Labute approximate surface area is 178 Å². The van der Waals surface area contributed by atoms with Crippen LogP contribution in [0.25, 0.3) is 0 Å². The molecule has 0 aliphatic rings. The minimum Gasteiger partial charge on any atom is -0.495 e. The molecule has 1 N–H and O–H groups in total. The number of nitrogens with one attached hydrogen (secondary N) is 1. The molecule has 1 amide bonds. The number of amides is 1. The molecule has 0 saturated heterocycles. The lowest BCUT2D eigenvalue weighted by Crippen LogP contribution is -2.21. The second-order valence-electron chi connectivity index (χ2n) is 6.41. The molecule has 2 aromatic carbocycles. The van der Waals surface area contributed by atoms with Crippen LogP contribution in [-0.4, -0.2) is 30.7 Å². The lowest BCUT2D eigenvalue weighted by molar-refractivity contribution is -0.119. The Kier molecular flexibility index (Phi) is 7.13. The van der Waals surface area contributed by atoms with E-state index in [0.717, 1.165) is 21.9 Å². The summed E-state index contributed by atoms with van der Waals surface area (Å²) in [6.07, 6.45) is 0. The van der Waals surface area contributed by atoms with Crippen molar-refractivity contribution >= 4 is 29.3 Å². The van der Waals surface area contributed by atoms with E-state index in [1.165, 1.54) is 18.9 Å². The first kappa shape index (κ1) is 21.4. The number of aryl methyl sites for hydroxylation is 2. The largest absolute Gasteiger partial charge is 0.495 e. The number of ether oxygens (including phenoxy) is 2. The van der Waals surface area contributed by atoms with Crippen LogP contribution in [0.15, 0.2) is 57.9 Å². The van der Waals surface area contributed by atoms with E-state index >= 15 is 0 Å². The number of esters is 1. The van der Waals surface area contributed by atoms with Crippen LogP contribution in [0, 0.1) is 13.8 Å². The first-order chi connectivity index (χ1) is 14.5. The van der Waals surface area contributed by atoms with Gasteiger partial charge in [-0.05, 0) is 38.1 Å². The highest BCUT2D eigenvalue weighted by Crippen LogP contribution is 2.29. The Balaban J connectivity index is 1.61. The Bertz CT molecular complexity index is 1030. The third-order valence-corrected chi connectivity index (χ3v) is 5.48. The Morgan fingerprint density at radius 1 is 1.10 bits per heavy atom. The molecule has 0 atom stereocenters. The molecule has 0 bridgehead atoms. The van der Waals surface area contributed by atoms with E-state index in [-0.39, 0.29) is 0 Å². The SMILES string of the molecule is COc1ccccc1NC(=O)COC(=O)c1ccccc1SCc1c(C)noc1C. The summed E-state index contributed by atoms with van der Waals surface area (Å²) in [5, 5.41) is 6.62. The van der Waals surface area contributed by atoms with E-state index in [1.54, 1.807) is 36.4 Å². The minimum absolute atomic E-state index is 0.402. The standard InChI is InChI=1S/C22H22N2O5S/c1-14-17(15(2)29-24-14)13-30-20-11-7-4-8-16(20)22(26)28-12-21(25)23-18-9-5-6-10-19(18)27-3/h4-11H,12-13H2,1-3H3,(H,23,25). The third-order valence-electron chi connectivity index (χ3n) is 4.38. The van der Waals surface area contributed by atoms with Gasteiger partial charge >= 0.3 is 5.97 Å². The van der Waals surface area contributed by atoms with E-state index < -0.39 is 18.5 Å². The maximum atomic E-state index is 12.6. The van der Waals surface area contributed by atoms with Crippen LogP contribution in [0.5, 0.6) is 5.75 Å². The van der Waals surface area contributed by atoms with Gasteiger partial charge in [0.05, 0.1) is 24.1 Å². The number of rotatable bonds is 8. The van der Waals surface area contributed by atoms with Crippen LogP contribution in [0.3, 0.4) is 0 Å². The first-order valence-electron chi connectivity index (χ1n) is 9.23. The number of anilines is 1. The smallest absolute Gasteiger partial charge is 0.339 e. The van der Waals surface area contributed by atoms with Gasteiger partial charge in [0.1, 0.15) is 11.5 Å². The van der Waals surface area contributed by atoms with Crippen molar-refractivity contribution in [3.8, 4) is 5.75 Å². The molecule has 0 aliphatic heterocycles. The normalized spacial score (nSPS) is 10.5. The molecular formula is C22H22N2O5S. The van der Waals surface area contributed by atoms with Gasteiger partial charge in [-0.3, -0.25) is 4.79 Å². The van der Waals surface area contributed by atoms with Crippen molar-refractivity contribution in [2.45, 2.75) is 24.5 Å². The van der Waals surface area contributed by atoms with Crippen molar-refractivity contribution in [3.05, 3.63) is 71.1 Å². The fourth-order valence-electron chi connectivity index (χ4n) is 2.76. The molecular weight excluding hydrogens is 404 g/mol. The zero-order valence-electron chi connectivity index (χ0n) is 16.9. The minimum atomic E-state index is -0.563. The number of hydrogen-bond acceptors (Lipinski definition) is 7. The monoisotopic (exact) mass is 426 g/mol. The predicted octanol–water partition coefficient (Wildman–Crippen LogP) is 4.39. The molecule has 0 spiro atoms. The number of methoxy groups -OCH3 is 1. The summed E-state index contributed by atoms with van der Waals surface area (Å²) in [6, 6.07) is 14.1. The Hall–Kier alpha value is -3.26. The van der Waals surface area contributed by atoms with Gasteiger partial charge in [-0.25, -0.2) is 4.79 Å². The summed E-state index contributed by atoms with van der Waals surface area (Å²) >= 11 is 1.49. The number of thioether (sulfide) groups is 1. The number of para-hydroxylation sites is 2. The van der Waals surface area contributed by atoms with E-state index in [0.29, 0.717) is 22.8 Å². The van der Waals surface area contributed by atoms with Crippen molar-refractivity contribution in [2.24, 2.45) is 0 Å². The average molecular weight is 426 g/mol. The molecule has 1 aromatic heterocycles. The summed E-state index contributed by atoms with van der Waals surface area (Å²) in [5.74, 6) is 0.881.